The molecule has 0 saturated carbocycles. The molecular weight excluding hydrogens is 107 g/mol. The highest BCUT2D eigenvalue weighted by Gasteiger charge is 1.88. The van der Waals surface area contributed by atoms with E-state index in [0.717, 1.165) is 0 Å². The molecule has 3 heteroatoms. The lowest BCUT2D eigenvalue weighted by Gasteiger charge is -1.85. The minimum atomic E-state index is -0.725. The fraction of sp³-hybridized carbons (Fsp3) is 0. The van der Waals surface area contributed by atoms with Crippen LogP contribution in [0.3, 0.4) is 0 Å². The molecule has 0 aliphatic carbocycles. The minimum Gasteiger partial charge on any atom is -0.211 e. The summed E-state index contributed by atoms with van der Waals surface area (Å²) in [6.45, 7) is 3.39. The van der Waals surface area contributed by atoms with Crippen LogP contribution in [0.2, 0.25) is 0 Å². The molecule has 0 amide bonds. The fourth-order valence-electron chi connectivity index (χ4n) is 0.369. The van der Waals surface area contributed by atoms with Gasteiger partial charge in [0.05, 0.1) is 0 Å². The number of nitrogens with zero attached hydrogens (tertiary/aromatic N) is 2. The average Bonchev–Trinajstić information content (AvgIpc) is 1.64. The molecule has 41 valence electrons. The topological polar surface area (TPSA) is 25.8 Å². The van der Waals surface area contributed by atoms with Crippen molar-refractivity contribution in [3.05, 3.63) is 31.0 Å². The van der Waals surface area contributed by atoms with Gasteiger partial charge in [0, 0.05) is 11.9 Å². The van der Waals surface area contributed by atoms with Crippen LogP contribution in [0.4, 0.5) is 4.39 Å². The Morgan fingerprint density at radius 3 is 2.75 bits per heavy atom. The molecule has 1 radical (unpaired) electrons. The van der Waals surface area contributed by atoms with Crippen molar-refractivity contribution in [1.29, 1.82) is 0 Å². The summed E-state index contributed by atoms with van der Waals surface area (Å²) >= 11 is 0. The summed E-state index contributed by atoms with van der Waals surface area (Å²) in [7, 11) is 0. The van der Waals surface area contributed by atoms with Crippen LogP contribution in [0.5, 0.6) is 0 Å². The molecule has 0 saturated heterocycles. The first-order chi connectivity index (χ1) is 3.79. The number of rotatable bonds is 0. The van der Waals surface area contributed by atoms with E-state index in [2.05, 4.69) is 16.9 Å². The third kappa shape index (κ3) is 0.992. The Bertz CT molecular complexity index is 170. The average molecular weight is 111 g/mol. The maximum atomic E-state index is 11.9. The summed E-state index contributed by atoms with van der Waals surface area (Å²) in [5.41, 5.74) is 0.400. The monoisotopic (exact) mass is 111 g/mol. The Morgan fingerprint density at radius 2 is 2.38 bits per heavy atom. The summed E-state index contributed by atoms with van der Waals surface area (Å²) in [5, 5.41) is 0. The van der Waals surface area contributed by atoms with E-state index in [0.29, 0.717) is 5.69 Å². The summed E-state index contributed by atoms with van der Waals surface area (Å²) in [4.78, 5) is 6.51. The van der Waals surface area contributed by atoms with Crippen molar-refractivity contribution in [1.82, 2.24) is 9.97 Å². The van der Waals surface area contributed by atoms with Gasteiger partial charge in [0.1, 0.15) is 0 Å². The Kier molecular flexibility index (Phi) is 1.20. The van der Waals surface area contributed by atoms with Crippen molar-refractivity contribution in [3.8, 4) is 0 Å². The SMILES string of the molecule is [CH2]c1ccnc(F)n1. The van der Waals surface area contributed by atoms with E-state index in [1.807, 2.05) is 0 Å². The maximum absolute atomic E-state index is 11.9. The second kappa shape index (κ2) is 1.86. The summed E-state index contributed by atoms with van der Waals surface area (Å²) in [5.74, 6) is 0. The van der Waals surface area contributed by atoms with Gasteiger partial charge in [-0.05, 0) is 13.0 Å². The van der Waals surface area contributed by atoms with Gasteiger partial charge in [-0.3, -0.25) is 0 Å². The van der Waals surface area contributed by atoms with Crippen molar-refractivity contribution in [2.24, 2.45) is 0 Å². The maximum Gasteiger partial charge on any atom is 0.308 e. The van der Waals surface area contributed by atoms with Crippen LogP contribution in [0.1, 0.15) is 5.69 Å². The molecule has 2 nitrogen and oxygen atoms in total. The van der Waals surface area contributed by atoms with E-state index in [-0.39, 0.29) is 0 Å². The zero-order chi connectivity index (χ0) is 5.98. The standard InChI is InChI=1S/C5H4FN2/c1-4-2-3-7-5(6)8-4/h2-3H,1H2. The normalized spacial score (nSPS) is 9.25. The van der Waals surface area contributed by atoms with Crippen LogP contribution in [0.15, 0.2) is 12.3 Å². The fourth-order valence-corrected chi connectivity index (χ4v) is 0.369. The Labute approximate surface area is 46.4 Å². The van der Waals surface area contributed by atoms with Crippen molar-refractivity contribution < 1.29 is 4.39 Å². The van der Waals surface area contributed by atoms with Crippen LogP contribution >= 0.6 is 0 Å². The van der Waals surface area contributed by atoms with Crippen LogP contribution in [-0.4, -0.2) is 9.97 Å². The van der Waals surface area contributed by atoms with E-state index in [9.17, 15) is 4.39 Å². The third-order valence-electron chi connectivity index (χ3n) is 0.684. The van der Waals surface area contributed by atoms with Gasteiger partial charge in [-0.25, -0.2) is 9.97 Å². The van der Waals surface area contributed by atoms with E-state index >= 15 is 0 Å². The lowest BCUT2D eigenvalue weighted by molar-refractivity contribution is 0.536. The van der Waals surface area contributed by atoms with Gasteiger partial charge in [0.2, 0.25) is 0 Å². The molecule has 1 aromatic heterocycles. The van der Waals surface area contributed by atoms with Crippen LogP contribution < -0.4 is 0 Å². The van der Waals surface area contributed by atoms with E-state index in [1.54, 1.807) is 0 Å². The first kappa shape index (κ1) is 5.15. The molecule has 0 spiro atoms. The van der Waals surface area contributed by atoms with Crippen molar-refractivity contribution in [2.45, 2.75) is 0 Å². The van der Waals surface area contributed by atoms with E-state index < -0.39 is 6.08 Å². The highest BCUT2D eigenvalue weighted by Crippen LogP contribution is 1.88. The Morgan fingerprint density at radius 1 is 1.62 bits per heavy atom. The molecule has 0 unspecified atom stereocenters. The number of halogens is 1. The molecule has 0 aromatic carbocycles. The van der Waals surface area contributed by atoms with E-state index in [1.165, 1.54) is 12.3 Å². The summed E-state index contributed by atoms with van der Waals surface area (Å²) in [6.07, 6.45) is 0.600. The van der Waals surface area contributed by atoms with Gasteiger partial charge in [0.15, 0.2) is 0 Å². The lowest BCUT2D eigenvalue weighted by Crippen LogP contribution is -1.88. The molecule has 0 fully saturated rings. The Hall–Kier alpha value is -0.990. The van der Waals surface area contributed by atoms with Crippen LogP contribution in [0.25, 0.3) is 0 Å². The zero-order valence-corrected chi connectivity index (χ0v) is 4.13. The van der Waals surface area contributed by atoms with Crippen LogP contribution in [0, 0.1) is 13.0 Å². The van der Waals surface area contributed by atoms with Crippen molar-refractivity contribution in [2.75, 3.05) is 0 Å². The number of hydrogen-bond donors (Lipinski definition) is 0. The Balaban J connectivity index is 3.08. The number of aromatic nitrogens is 2. The molecule has 1 aromatic rings. The van der Waals surface area contributed by atoms with Gasteiger partial charge >= 0.3 is 6.08 Å². The highest BCUT2D eigenvalue weighted by molar-refractivity contribution is 5.00. The van der Waals surface area contributed by atoms with Crippen molar-refractivity contribution >= 4 is 0 Å². The van der Waals surface area contributed by atoms with Gasteiger partial charge in [0.25, 0.3) is 0 Å². The molecule has 0 aliphatic heterocycles. The first-order valence-corrected chi connectivity index (χ1v) is 2.09. The first-order valence-electron chi connectivity index (χ1n) is 2.09. The smallest absolute Gasteiger partial charge is 0.211 e. The van der Waals surface area contributed by atoms with Gasteiger partial charge < -0.3 is 0 Å². The second-order valence-corrected chi connectivity index (χ2v) is 1.32. The van der Waals surface area contributed by atoms with Crippen molar-refractivity contribution in [3.63, 3.8) is 0 Å². The highest BCUT2D eigenvalue weighted by atomic mass is 19.1. The zero-order valence-electron chi connectivity index (χ0n) is 4.13. The second-order valence-electron chi connectivity index (χ2n) is 1.32. The van der Waals surface area contributed by atoms with Crippen LogP contribution in [-0.2, 0) is 0 Å². The largest absolute Gasteiger partial charge is 0.308 e. The molecule has 0 bridgehead atoms. The summed E-state index contributed by atoms with van der Waals surface area (Å²) in [6, 6.07) is 1.53. The molecule has 0 atom stereocenters. The molecular formula is C5H4FN2. The lowest BCUT2D eigenvalue weighted by atomic mass is 10.5. The molecule has 0 aliphatic rings. The summed E-state index contributed by atoms with van der Waals surface area (Å²) < 4.78 is 11.9. The number of hydrogen-bond acceptors (Lipinski definition) is 2. The predicted molar refractivity (Wildman–Crippen MR) is 26.4 cm³/mol. The quantitative estimate of drug-likeness (QED) is 0.463. The molecule has 1 rings (SSSR count). The predicted octanol–water partition coefficient (Wildman–Crippen LogP) is 0.798. The third-order valence-corrected chi connectivity index (χ3v) is 0.684. The van der Waals surface area contributed by atoms with Gasteiger partial charge in [-0.1, -0.05) is 0 Å². The molecule has 8 heavy (non-hydrogen) atoms. The van der Waals surface area contributed by atoms with Gasteiger partial charge in [-0.2, -0.15) is 4.39 Å². The molecule has 1 heterocycles. The van der Waals surface area contributed by atoms with Gasteiger partial charge in [-0.15, -0.1) is 0 Å². The molecule has 0 N–H and O–H groups in total. The minimum absolute atomic E-state index is 0.400. The van der Waals surface area contributed by atoms with E-state index in [4.69, 9.17) is 0 Å².